The van der Waals surface area contributed by atoms with Crippen molar-refractivity contribution in [2.24, 2.45) is 5.92 Å². The van der Waals surface area contributed by atoms with Gasteiger partial charge in [-0.2, -0.15) is 10.5 Å². The van der Waals surface area contributed by atoms with E-state index in [1.165, 1.54) is 0 Å². The molecule has 126 valence electrons. The zero-order valence-corrected chi connectivity index (χ0v) is 13.4. The summed E-state index contributed by atoms with van der Waals surface area (Å²) in [6.07, 6.45) is 2.46. The average molecular weight is 320 g/mol. The van der Waals surface area contributed by atoms with E-state index in [1.54, 1.807) is 4.90 Å². The summed E-state index contributed by atoms with van der Waals surface area (Å²) in [6, 6.07) is 4.10. The summed E-state index contributed by atoms with van der Waals surface area (Å²) >= 11 is 0. The maximum absolute atomic E-state index is 12.4. The molecule has 7 heteroatoms. The van der Waals surface area contributed by atoms with Gasteiger partial charge in [-0.05, 0) is 25.9 Å². The van der Waals surface area contributed by atoms with E-state index in [0.29, 0.717) is 51.6 Å². The van der Waals surface area contributed by atoms with Crippen LogP contribution in [0.15, 0.2) is 0 Å². The quantitative estimate of drug-likeness (QED) is 0.687. The van der Waals surface area contributed by atoms with Crippen LogP contribution in [0.3, 0.4) is 0 Å². The van der Waals surface area contributed by atoms with Crippen LogP contribution in [-0.2, 0) is 14.3 Å². The molecule has 2 fully saturated rings. The Labute approximate surface area is 137 Å². The standard InChI is InChI=1S/C16H24N4O3/c17-5-1-7-20(8-2-6-18)15(21)13-19-9-3-14(4-10-19)16-22-11-12-23-16/h14,16H,1-4,7-13H2. The highest BCUT2D eigenvalue weighted by atomic mass is 16.7. The zero-order chi connectivity index (χ0) is 16.5. The number of likely N-dealkylation sites (tertiary alicyclic amines) is 1. The fourth-order valence-electron chi connectivity index (χ4n) is 3.05. The third-order valence-electron chi connectivity index (χ3n) is 4.36. The molecule has 0 aromatic heterocycles. The second kappa shape index (κ2) is 9.46. The topological polar surface area (TPSA) is 89.6 Å². The van der Waals surface area contributed by atoms with Gasteiger partial charge in [0.2, 0.25) is 5.91 Å². The van der Waals surface area contributed by atoms with Gasteiger partial charge in [-0.1, -0.05) is 0 Å². The molecule has 1 amide bonds. The van der Waals surface area contributed by atoms with Gasteiger partial charge in [-0.15, -0.1) is 0 Å². The molecule has 2 aliphatic rings. The molecule has 0 atom stereocenters. The molecular formula is C16H24N4O3. The number of nitriles is 2. The van der Waals surface area contributed by atoms with Gasteiger partial charge >= 0.3 is 0 Å². The fraction of sp³-hybridized carbons (Fsp3) is 0.812. The molecule has 0 spiro atoms. The Hall–Kier alpha value is -1.67. The Morgan fingerprint density at radius 3 is 2.17 bits per heavy atom. The molecule has 2 saturated heterocycles. The average Bonchev–Trinajstić information content (AvgIpc) is 3.10. The smallest absolute Gasteiger partial charge is 0.236 e. The van der Waals surface area contributed by atoms with E-state index in [2.05, 4.69) is 17.0 Å². The second-order valence-electron chi connectivity index (χ2n) is 5.92. The number of rotatable bonds is 7. The van der Waals surface area contributed by atoms with Crippen molar-refractivity contribution in [2.45, 2.75) is 32.0 Å². The molecule has 0 aromatic carbocycles. The first-order valence-electron chi connectivity index (χ1n) is 8.22. The van der Waals surface area contributed by atoms with Crippen LogP contribution in [0.5, 0.6) is 0 Å². The first-order valence-corrected chi connectivity index (χ1v) is 8.22. The number of piperidine rings is 1. The SMILES string of the molecule is N#CCCN(CCC#N)C(=O)CN1CCC(C2OCCO2)CC1. The van der Waals surface area contributed by atoms with Crippen LogP contribution in [-0.4, -0.2) is 67.9 Å². The summed E-state index contributed by atoms with van der Waals surface area (Å²) in [5.41, 5.74) is 0. The lowest BCUT2D eigenvalue weighted by Crippen LogP contribution is -2.45. The lowest BCUT2D eigenvalue weighted by molar-refractivity contribution is -0.133. The van der Waals surface area contributed by atoms with E-state index in [1.807, 2.05) is 0 Å². The molecular weight excluding hydrogens is 296 g/mol. The monoisotopic (exact) mass is 320 g/mol. The largest absolute Gasteiger partial charge is 0.350 e. The molecule has 2 heterocycles. The molecule has 0 N–H and O–H groups in total. The predicted molar refractivity (Wildman–Crippen MR) is 81.9 cm³/mol. The summed E-state index contributed by atoms with van der Waals surface area (Å²) in [5.74, 6) is 0.416. The van der Waals surface area contributed by atoms with Gasteiger partial charge in [-0.25, -0.2) is 0 Å². The number of hydrogen-bond acceptors (Lipinski definition) is 6. The Kier molecular flexibility index (Phi) is 7.28. The van der Waals surface area contributed by atoms with Crippen LogP contribution >= 0.6 is 0 Å². The van der Waals surface area contributed by atoms with Gasteiger partial charge in [0.05, 0.1) is 44.7 Å². The summed E-state index contributed by atoms with van der Waals surface area (Å²) in [5, 5.41) is 17.4. The van der Waals surface area contributed by atoms with Crippen LogP contribution in [0.1, 0.15) is 25.7 Å². The maximum Gasteiger partial charge on any atom is 0.236 e. The van der Waals surface area contributed by atoms with Crippen molar-refractivity contribution in [2.75, 3.05) is 45.9 Å². The number of carbonyl (C=O) groups is 1. The number of amides is 1. The molecule has 0 aliphatic carbocycles. The minimum atomic E-state index is -0.0735. The van der Waals surface area contributed by atoms with Crippen molar-refractivity contribution < 1.29 is 14.3 Å². The highest BCUT2D eigenvalue weighted by Crippen LogP contribution is 2.25. The summed E-state index contributed by atoms with van der Waals surface area (Å²) in [7, 11) is 0. The van der Waals surface area contributed by atoms with Crippen molar-refractivity contribution in [3.05, 3.63) is 0 Å². The Morgan fingerprint density at radius 1 is 1.09 bits per heavy atom. The van der Waals surface area contributed by atoms with E-state index in [0.717, 1.165) is 25.9 Å². The summed E-state index contributed by atoms with van der Waals surface area (Å²) in [6.45, 7) is 4.21. The third kappa shape index (κ3) is 5.47. The minimum Gasteiger partial charge on any atom is -0.350 e. The van der Waals surface area contributed by atoms with Crippen LogP contribution in [0.25, 0.3) is 0 Å². The third-order valence-corrected chi connectivity index (χ3v) is 4.36. The predicted octanol–water partition coefficient (Wildman–Crippen LogP) is 0.727. The number of carbonyl (C=O) groups excluding carboxylic acids is 1. The van der Waals surface area contributed by atoms with E-state index < -0.39 is 0 Å². The van der Waals surface area contributed by atoms with E-state index in [4.69, 9.17) is 20.0 Å². The molecule has 0 bridgehead atoms. The van der Waals surface area contributed by atoms with Gasteiger partial charge in [0.1, 0.15) is 0 Å². The van der Waals surface area contributed by atoms with Gasteiger partial charge < -0.3 is 14.4 Å². The van der Waals surface area contributed by atoms with Crippen molar-refractivity contribution >= 4 is 5.91 Å². The van der Waals surface area contributed by atoms with Crippen molar-refractivity contribution in [3.63, 3.8) is 0 Å². The highest BCUT2D eigenvalue weighted by Gasteiger charge is 2.31. The van der Waals surface area contributed by atoms with E-state index in [-0.39, 0.29) is 12.2 Å². The molecule has 2 aliphatic heterocycles. The molecule has 0 aromatic rings. The van der Waals surface area contributed by atoms with Crippen LogP contribution in [0, 0.1) is 28.6 Å². The van der Waals surface area contributed by atoms with Crippen molar-refractivity contribution in [1.82, 2.24) is 9.80 Å². The first-order chi connectivity index (χ1) is 11.2. The molecule has 0 saturated carbocycles. The number of hydrogen-bond donors (Lipinski definition) is 0. The van der Waals surface area contributed by atoms with Crippen molar-refractivity contribution in [3.8, 4) is 12.1 Å². The maximum atomic E-state index is 12.4. The van der Waals surface area contributed by atoms with Gasteiger partial charge in [0.25, 0.3) is 0 Å². The van der Waals surface area contributed by atoms with E-state index in [9.17, 15) is 4.79 Å². The Morgan fingerprint density at radius 2 is 1.65 bits per heavy atom. The first kappa shape index (κ1) is 17.7. The van der Waals surface area contributed by atoms with Crippen molar-refractivity contribution in [1.29, 1.82) is 10.5 Å². The van der Waals surface area contributed by atoms with Gasteiger partial charge in [0.15, 0.2) is 6.29 Å². The molecule has 23 heavy (non-hydrogen) atoms. The molecule has 2 rings (SSSR count). The summed E-state index contributed by atoms with van der Waals surface area (Å²) in [4.78, 5) is 16.1. The fourth-order valence-corrected chi connectivity index (χ4v) is 3.05. The van der Waals surface area contributed by atoms with Crippen LogP contribution in [0.4, 0.5) is 0 Å². The summed E-state index contributed by atoms with van der Waals surface area (Å²) < 4.78 is 11.1. The normalized spacial score (nSPS) is 20.1. The zero-order valence-electron chi connectivity index (χ0n) is 13.4. The number of ether oxygens (including phenoxy) is 2. The van der Waals surface area contributed by atoms with E-state index >= 15 is 0 Å². The lowest BCUT2D eigenvalue weighted by atomic mass is 9.96. The number of nitrogens with zero attached hydrogens (tertiary/aromatic N) is 4. The molecule has 7 nitrogen and oxygen atoms in total. The molecule has 0 unspecified atom stereocenters. The Bertz CT molecular complexity index is 439. The molecule has 0 radical (unpaired) electrons. The van der Waals surface area contributed by atoms with Gasteiger partial charge in [-0.3, -0.25) is 9.69 Å². The highest BCUT2D eigenvalue weighted by molar-refractivity contribution is 5.78. The van der Waals surface area contributed by atoms with Gasteiger partial charge in [0, 0.05) is 19.0 Å². The lowest BCUT2D eigenvalue weighted by Gasteiger charge is -2.34. The Balaban J connectivity index is 1.75. The second-order valence-corrected chi connectivity index (χ2v) is 5.92. The van der Waals surface area contributed by atoms with Crippen LogP contribution < -0.4 is 0 Å². The minimum absolute atomic E-state index is 0.00214. The van der Waals surface area contributed by atoms with Crippen LogP contribution in [0.2, 0.25) is 0 Å².